The zero-order valence-electron chi connectivity index (χ0n) is 9.51. The van der Waals surface area contributed by atoms with Gasteiger partial charge in [-0.1, -0.05) is 23.7 Å². The molecule has 94 valence electrons. The predicted octanol–water partition coefficient (Wildman–Crippen LogP) is 3.67. The smallest absolute Gasteiger partial charge is 0.123 e. The molecule has 18 heavy (non-hydrogen) atoms. The third-order valence-electron chi connectivity index (χ3n) is 2.42. The zero-order valence-corrected chi connectivity index (χ0v) is 11.1. The van der Waals surface area contributed by atoms with E-state index in [1.807, 2.05) is 0 Å². The molecule has 1 aromatic carbocycles. The summed E-state index contributed by atoms with van der Waals surface area (Å²) in [7, 11) is 0. The number of hydrogen-bond acceptors (Lipinski definition) is 3. The van der Waals surface area contributed by atoms with Crippen molar-refractivity contribution in [1.82, 2.24) is 4.98 Å². The quantitative estimate of drug-likeness (QED) is 0.870. The van der Waals surface area contributed by atoms with Crippen LogP contribution in [0.5, 0.6) is 0 Å². The Labute approximate surface area is 114 Å². The van der Waals surface area contributed by atoms with E-state index >= 15 is 0 Å². The molecule has 2 nitrogen and oxygen atoms in total. The van der Waals surface area contributed by atoms with Crippen LogP contribution in [-0.2, 0) is 0 Å². The van der Waals surface area contributed by atoms with Crippen LogP contribution in [0.15, 0.2) is 47.6 Å². The molecule has 0 radical (unpaired) electrons. The number of hydrogen-bond donors (Lipinski definition) is 1. The Balaban J connectivity index is 1.98. The average Bonchev–Trinajstić information content (AvgIpc) is 2.38. The lowest BCUT2D eigenvalue weighted by molar-refractivity contribution is 0.626. The van der Waals surface area contributed by atoms with Crippen LogP contribution < -0.4 is 5.73 Å². The molecular formula is C13H12ClFN2S. The lowest BCUT2D eigenvalue weighted by atomic mass is 10.1. The molecule has 0 saturated heterocycles. The maximum atomic E-state index is 12.8. The molecule has 1 atom stereocenters. The highest BCUT2D eigenvalue weighted by Gasteiger charge is 2.09. The van der Waals surface area contributed by atoms with Gasteiger partial charge in [0.1, 0.15) is 10.8 Å². The summed E-state index contributed by atoms with van der Waals surface area (Å²) in [5.74, 6) is 0.383. The molecule has 5 heteroatoms. The molecule has 1 unspecified atom stereocenters. The van der Waals surface area contributed by atoms with Crippen LogP contribution in [0.4, 0.5) is 4.39 Å². The summed E-state index contributed by atoms with van der Waals surface area (Å²) < 4.78 is 12.8. The monoisotopic (exact) mass is 282 g/mol. The van der Waals surface area contributed by atoms with Crippen LogP contribution in [0.2, 0.25) is 5.02 Å². The van der Waals surface area contributed by atoms with Gasteiger partial charge >= 0.3 is 0 Å². The molecule has 1 heterocycles. The second-order valence-corrected chi connectivity index (χ2v) is 5.18. The fourth-order valence-corrected chi connectivity index (χ4v) is 2.61. The number of thioether (sulfide) groups is 1. The van der Waals surface area contributed by atoms with Crippen LogP contribution >= 0.6 is 23.4 Å². The van der Waals surface area contributed by atoms with Crippen LogP contribution in [0.3, 0.4) is 0 Å². The standard InChI is InChI=1S/C13H12ClFN2S/c14-11-2-1-7-17-13(11)18-8-12(16)9-3-5-10(15)6-4-9/h1-7,12H,8,16H2. The fraction of sp³-hybridized carbons (Fsp3) is 0.154. The predicted molar refractivity (Wildman–Crippen MR) is 73.3 cm³/mol. The third-order valence-corrected chi connectivity index (χ3v) is 3.96. The zero-order chi connectivity index (χ0) is 13.0. The van der Waals surface area contributed by atoms with Crippen molar-refractivity contribution in [3.63, 3.8) is 0 Å². The third kappa shape index (κ3) is 3.45. The summed E-state index contributed by atoms with van der Waals surface area (Å²) in [6.45, 7) is 0. The normalized spacial score (nSPS) is 12.4. The molecule has 0 saturated carbocycles. The Morgan fingerprint density at radius 2 is 2.00 bits per heavy atom. The van der Waals surface area contributed by atoms with Gasteiger partial charge in [0.2, 0.25) is 0 Å². The number of nitrogens with two attached hydrogens (primary N) is 1. The minimum Gasteiger partial charge on any atom is -0.323 e. The summed E-state index contributed by atoms with van der Waals surface area (Å²) >= 11 is 7.49. The van der Waals surface area contributed by atoms with Gasteiger partial charge in [-0.3, -0.25) is 0 Å². The topological polar surface area (TPSA) is 38.9 Å². The van der Waals surface area contributed by atoms with Gasteiger partial charge in [-0.2, -0.15) is 0 Å². The SMILES string of the molecule is NC(CSc1ncccc1Cl)c1ccc(F)cc1. The van der Waals surface area contributed by atoms with Crippen molar-refractivity contribution in [3.05, 3.63) is 59.0 Å². The highest BCUT2D eigenvalue weighted by molar-refractivity contribution is 7.99. The highest BCUT2D eigenvalue weighted by atomic mass is 35.5. The summed E-state index contributed by atoms with van der Waals surface area (Å²) in [4.78, 5) is 4.17. The van der Waals surface area contributed by atoms with E-state index in [-0.39, 0.29) is 11.9 Å². The summed E-state index contributed by atoms with van der Waals surface area (Å²) in [5.41, 5.74) is 6.93. The minimum absolute atomic E-state index is 0.173. The molecule has 0 aliphatic rings. The van der Waals surface area contributed by atoms with Gasteiger partial charge in [-0.15, -0.1) is 11.8 Å². The van der Waals surface area contributed by atoms with Crippen LogP contribution in [0.25, 0.3) is 0 Å². The van der Waals surface area contributed by atoms with Crippen molar-refractivity contribution in [2.75, 3.05) is 5.75 Å². The number of rotatable bonds is 4. The maximum absolute atomic E-state index is 12.8. The summed E-state index contributed by atoms with van der Waals surface area (Å²) in [6.07, 6.45) is 1.69. The molecule has 0 spiro atoms. The van der Waals surface area contributed by atoms with Crippen molar-refractivity contribution < 1.29 is 4.39 Å². The lowest BCUT2D eigenvalue weighted by Gasteiger charge is -2.11. The molecule has 0 fully saturated rings. The first-order valence-electron chi connectivity index (χ1n) is 5.41. The van der Waals surface area contributed by atoms with Crippen LogP contribution in [-0.4, -0.2) is 10.7 Å². The first-order chi connectivity index (χ1) is 8.66. The van der Waals surface area contributed by atoms with Gasteiger partial charge in [-0.25, -0.2) is 9.37 Å². The van der Waals surface area contributed by atoms with Crippen molar-refractivity contribution in [2.45, 2.75) is 11.1 Å². The van der Waals surface area contributed by atoms with E-state index in [1.165, 1.54) is 23.9 Å². The van der Waals surface area contributed by atoms with E-state index < -0.39 is 0 Å². The van der Waals surface area contributed by atoms with E-state index in [4.69, 9.17) is 17.3 Å². The first kappa shape index (κ1) is 13.3. The van der Waals surface area contributed by atoms with Crippen molar-refractivity contribution >= 4 is 23.4 Å². The number of pyridine rings is 1. The van der Waals surface area contributed by atoms with E-state index in [0.29, 0.717) is 10.8 Å². The Morgan fingerprint density at radius 1 is 1.28 bits per heavy atom. The fourth-order valence-electron chi connectivity index (χ4n) is 1.45. The molecule has 2 rings (SSSR count). The van der Waals surface area contributed by atoms with Crippen molar-refractivity contribution in [1.29, 1.82) is 0 Å². The van der Waals surface area contributed by atoms with Gasteiger partial charge in [0.25, 0.3) is 0 Å². The van der Waals surface area contributed by atoms with Gasteiger partial charge in [0.15, 0.2) is 0 Å². The maximum Gasteiger partial charge on any atom is 0.123 e. The van der Waals surface area contributed by atoms with Crippen LogP contribution in [0, 0.1) is 5.82 Å². The van der Waals surface area contributed by atoms with Gasteiger partial charge in [-0.05, 0) is 29.8 Å². The second kappa shape index (κ2) is 6.18. The lowest BCUT2D eigenvalue weighted by Crippen LogP contribution is -2.13. The minimum atomic E-state index is -0.258. The van der Waals surface area contributed by atoms with Gasteiger partial charge in [0.05, 0.1) is 5.02 Å². The molecule has 0 bridgehead atoms. The van der Waals surface area contributed by atoms with E-state index in [0.717, 1.165) is 10.6 Å². The number of halogens is 2. The molecule has 0 amide bonds. The molecule has 2 aromatic rings. The Morgan fingerprint density at radius 3 is 2.67 bits per heavy atom. The van der Waals surface area contributed by atoms with Crippen LogP contribution in [0.1, 0.15) is 11.6 Å². The number of benzene rings is 1. The Bertz CT molecular complexity index is 519. The number of aromatic nitrogens is 1. The molecule has 2 N–H and O–H groups in total. The van der Waals surface area contributed by atoms with Crippen molar-refractivity contribution in [3.8, 4) is 0 Å². The van der Waals surface area contributed by atoms with Gasteiger partial charge in [0, 0.05) is 18.0 Å². The summed E-state index contributed by atoms with van der Waals surface area (Å²) in [5, 5.41) is 1.38. The largest absolute Gasteiger partial charge is 0.323 e. The van der Waals surface area contributed by atoms with E-state index in [2.05, 4.69) is 4.98 Å². The number of nitrogens with zero attached hydrogens (tertiary/aromatic N) is 1. The molecule has 0 aliphatic heterocycles. The molecule has 0 aliphatic carbocycles. The summed E-state index contributed by atoms with van der Waals surface area (Å²) in [6, 6.07) is 9.61. The molecular weight excluding hydrogens is 271 g/mol. The highest BCUT2D eigenvalue weighted by Crippen LogP contribution is 2.27. The van der Waals surface area contributed by atoms with Crippen molar-refractivity contribution in [2.24, 2.45) is 5.73 Å². The Hall–Kier alpha value is -1.10. The van der Waals surface area contributed by atoms with E-state index in [9.17, 15) is 4.39 Å². The first-order valence-corrected chi connectivity index (χ1v) is 6.77. The van der Waals surface area contributed by atoms with E-state index in [1.54, 1.807) is 30.5 Å². The van der Waals surface area contributed by atoms with Gasteiger partial charge < -0.3 is 5.73 Å². The average molecular weight is 283 g/mol. The second-order valence-electron chi connectivity index (χ2n) is 3.76. The Kier molecular flexibility index (Phi) is 4.58. The molecule has 1 aromatic heterocycles.